The van der Waals surface area contributed by atoms with Crippen LogP contribution in [0.2, 0.25) is 5.02 Å². The summed E-state index contributed by atoms with van der Waals surface area (Å²) in [5, 5.41) is 0.000885. The second-order valence-electron chi connectivity index (χ2n) is 7.70. The SMILES string of the molecule is Cc1[nH]c(C(OC2CC(C3CC3)C2)c2ccc(F)c(Cl)c2)nc1S(C)(=O)=O. The van der Waals surface area contributed by atoms with Crippen molar-refractivity contribution in [2.75, 3.05) is 6.26 Å². The van der Waals surface area contributed by atoms with Crippen LogP contribution in [0.15, 0.2) is 23.2 Å². The Morgan fingerprint density at radius 1 is 1.30 bits per heavy atom. The molecule has 0 bridgehead atoms. The smallest absolute Gasteiger partial charge is 0.194 e. The molecule has 2 aliphatic rings. The van der Waals surface area contributed by atoms with Crippen molar-refractivity contribution in [1.82, 2.24) is 9.97 Å². The minimum absolute atomic E-state index is 0.00261. The third kappa shape index (κ3) is 3.91. The molecule has 5 nitrogen and oxygen atoms in total. The van der Waals surface area contributed by atoms with E-state index in [9.17, 15) is 12.8 Å². The Bertz CT molecular complexity index is 965. The molecule has 1 atom stereocenters. The summed E-state index contributed by atoms with van der Waals surface area (Å²) >= 11 is 5.95. The zero-order chi connectivity index (χ0) is 19.3. The fraction of sp³-hybridized carbons (Fsp3) is 0.526. The van der Waals surface area contributed by atoms with Crippen molar-refractivity contribution in [2.45, 2.75) is 49.8 Å². The number of aromatic amines is 1. The van der Waals surface area contributed by atoms with Gasteiger partial charge in [0.1, 0.15) is 17.7 Å². The third-order valence-electron chi connectivity index (χ3n) is 5.45. The monoisotopic (exact) mass is 412 g/mol. The first-order valence-electron chi connectivity index (χ1n) is 9.09. The molecular formula is C19H22ClFN2O3S. The van der Waals surface area contributed by atoms with Crippen LogP contribution >= 0.6 is 11.6 Å². The van der Waals surface area contributed by atoms with Gasteiger partial charge in [0.25, 0.3) is 0 Å². The first-order valence-corrected chi connectivity index (χ1v) is 11.4. The largest absolute Gasteiger partial charge is 0.362 e. The van der Waals surface area contributed by atoms with Gasteiger partial charge in [0.05, 0.1) is 16.8 Å². The summed E-state index contributed by atoms with van der Waals surface area (Å²) in [7, 11) is -3.46. The summed E-state index contributed by atoms with van der Waals surface area (Å²) in [5.74, 6) is 1.44. The van der Waals surface area contributed by atoms with Gasteiger partial charge in [-0.05, 0) is 62.1 Å². The van der Waals surface area contributed by atoms with E-state index in [1.54, 1.807) is 13.0 Å². The fourth-order valence-corrected chi connectivity index (χ4v) is 4.85. The third-order valence-corrected chi connectivity index (χ3v) is 6.84. The molecule has 0 aliphatic heterocycles. The molecule has 0 spiro atoms. The number of nitrogens with one attached hydrogen (secondary N) is 1. The van der Waals surface area contributed by atoms with Gasteiger partial charge in [-0.15, -0.1) is 0 Å². The maximum absolute atomic E-state index is 13.6. The summed E-state index contributed by atoms with van der Waals surface area (Å²) in [6.45, 7) is 1.66. The first-order chi connectivity index (χ1) is 12.7. The van der Waals surface area contributed by atoms with Crippen molar-refractivity contribution in [3.8, 4) is 0 Å². The van der Waals surface area contributed by atoms with E-state index in [4.69, 9.17) is 16.3 Å². The van der Waals surface area contributed by atoms with Crippen LogP contribution in [0.4, 0.5) is 4.39 Å². The van der Waals surface area contributed by atoms with Crippen LogP contribution in [0.3, 0.4) is 0 Å². The Labute approximate surface area is 163 Å². The van der Waals surface area contributed by atoms with E-state index < -0.39 is 21.8 Å². The van der Waals surface area contributed by atoms with E-state index in [1.807, 2.05) is 0 Å². The van der Waals surface area contributed by atoms with Gasteiger partial charge in [0, 0.05) is 6.26 Å². The van der Waals surface area contributed by atoms with Crippen LogP contribution in [0, 0.1) is 24.6 Å². The summed E-state index contributed by atoms with van der Waals surface area (Å²) in [4.78, 5) is 7.31. The van der Waals surface area contributed by atoms with Gasteiger partial charge in [0.2, 0.25) is 0 Å². The van der Waals surface area contributed by atoms with Crippen LogP contribution in [0.5, 0.6) is 0 Å². The van der Waals surface area contributed by atoms with Crippen LogP contribution in [-0.4, -0.2) is 30.7 Å². The first kappa shape index (κ1) is 18.9. The van der Waals surface area contributed by atoms with E-state index in [0.717, 1.165) is 30.9 Å². The number of aromatic nitrogens is 2. The minimum Gasteiger partial charge on any atom is -0.362 e. The summed E-state index contributed by atoms with van der Waals surface area (Å²) in [5.41, 5.74) is 1.10. The Morgan fingerprint density at radius 2 is 2.00 bits per heavy atom. The average molecular weight is 413 g/mol. The van der Waals surface area contributed by atoms with Gasteiger partial charge in [-0.3, -0.25) is 0 Å². The van der Waals surface area contributed by atoms with Gasteiger partial charge in [-0.25, -0.2) is 17.8 Å². The van der Waals surface area contributed by atoms with Crippen molar-refractivity contribution in [3.63, 3.8) is 0 Å². The molecule has 8 heteroatoms. The van der Waals surface area contributed by atoms with Crippen molar-refractivity contribution >= 4 is 21.4 Å². The zero-order valence-corrected chi connectivity index (χ0v) is 16.8. The molecule has 4 rings (SSSR count). The van der Waals surface area contributed by atoms with Crippen molar-refractivity contribution in [2.24, 2.45) is 11.8 Å². The lowest BCUT2D eigenvalue weighted by atomic mass is 9.78. The molecule has 1 N–H and O–H groups in total. The molecule has 1 aromatic carbocycles. The van der Waals surface area contributed by atoms with Crippen molar-refractivity contribution < 1.29 is 17.5 Å². The standard InChI is InChI=1S/C19H22ClFN2O3S/c1-10-19(27(2,24)25)23-18(22-10)17(12-5-6-16(21)15(20)9-12)26-14-7-13(8-14)11-3-4-11/h5-6,9,11,13-14,17H,3-4,7-8H2,1-2H3,(H,22,23). The van der Waals surface area contributed by atoms with E-state index in [2.05, 4.69) is 9.97 Å². The number of rotatable bonds is 6. The molecule has 0 saturated heterocycles. The molecule has 0 amide bonds. The molecule has 1 aromatic heterocycles. The fourth-order valence-electron chi connectivity index (χ4n) is 3.79. The predicted octanol–water partition coefficient (Wildman–Crippen LogP) is 4.21. The average Bonchev–Trinajstić information content (AvgIpc) is 3.29. The Hall–Kier alpha value is -1.44. The molecule has 0 radical (unpaired) electrons. The number of benzene rings is 1. The molecule has 2 aromatic rings. The molecule has 27 heavy (non-hydrogen) atoms. The number of sulfone groups is 1. The van der Waals surface area contributed by atoms with Crippen molar-refractivity contribution in [1.29, 1.82) is 0 Å². The maximum Gasteiger partial charge on any atom is 0.194 e. The van der Waals surface area contributed by atoms with Crippen LogP contribution in [0.1, 0.15) is 48.9 Å². The second kappa shape index (κ2) is 6.87. The predicted molar refractivity (Wildman–Crippen MR) is 100 cm³/mol. The number of hydrogen-bond acceptors (Lipinski definition) is 4. The van der Waals surface area contributed by atoms with E-state index in [0.29, 0.717) is 17.1 Å². The highest BCUT2D eigenvalue weighted by atomic mass is 35.5. The molecule has 2 saturated carbocycles. The zero-order valence-electron chi connectivity index (χ0n) is 15.2. The number of hydrogen-bond donors (Lipinski definition) is 1. The lowest BCUT2D eigenvalue weighted by Crippen LogP contribution is -2.34. The van der Waals surface area contributed by atoms with Crippen molar-refractivity contribution in [3.05, 3.63) is 46.1 Å². The number of aryl methyl sites for hydroxylation is 1. The second-order valence-corrected chi connectivity index (χ2v) is 10.0. The highest BCUT2D eigenvalue weighted by Gasteiger charge is 2.42. The topological polar surface area (TPSA) is 72.0 Å². The number of imidazole rings is 1. The lowest BCUT2D eigenvalue weighted by molar-refractivity contribution is -0.0697. The molecule has 146 valence electrons. The lowest BCUT2D eigenvalue weighted by Gasteiger charge is -2.37. The van der Waals surface area contributed by atoms with Gasteiger partial charge < -0.3 is 9.72 Å². The Balaban J connectivity index is 1.64. The quantitative estimate of drug-likeness (QED) is 0.771. The molecule has 2 fully saturated rings. The highest BCUT2D eigenvalue weighted by molar-refractivity contribution is 7.90. The molecule has 1 heterocycles. The molecular weight excluding hydrogens is 391 g/mol. The van der Waals surface area contributed by atoms with Crippen LogP contribution < -0.4 is 0 Å². The van der Waals surface area contributed by atoms with Gasteiger partial charge in [0.15, 0.2) is 14.9 Å². The highest BCUT2D eigenvalue weighted by Crippen LogP contribution is 2.49. The number of H-pyrrole nitrogens is 1. The summed E-state index contributed by atoms with van der Waals surface area (Å²) < 4.78 is 43.8. The molecule has 1 unspecified atom stereocenters. The van der Waals surface area contributed by atoms with E-state index in [-0.39, 0.29) is 16.2 Å². The van der Waals surface area contributed by atoms with E-state index >= 15 is 0 Å². The van der Waals surface area contributed by atoms with Gasteiger partial charge in [-0.1, -0.05) is 17.7 Å². The minimum atomic E-state index is -3.46. The van der Waals surface area contributed by atoms with Gasteiger partial charge >= 0.3 is 0 Å². The van der Waals surface area contributed by atoms with E-state index in [1.165, 1.54) is 25.0 Å². The number of ether oxygens (including phenoxy) is 1. The molecule has 2 aliphatic carbocycles. The maximum atomic E-state index is 13.6. The number of nitrogens with zero attached hydrogens (tertiary/aromatic N) is 1. The summed E-state index contributed by atoms with van der Waals surface area (Å²) in [6.07, 6.45) is 5.19. The Kier molecular flexibility index (Phi) is 4.81. The normalized spacial score (nSPS) is 23.9. The van der Waals surface area contributed by atoms with Gasteiger partial charge in [-0.2, -0.15) is 0 Å². The number of halogens is 2. The van der Waals surface area contributed by atoms with Crippen LogP contribution in [-0.2, 0) is 14.6 Å². The Morgan fingerprint density at radius 3 is 2.56 bits per heavy atom. The van der Waals surface area contributed by atoms with Crippen LogP contribution in [0.25, 0.3) is 0 Å². The summed E-state index contributed by atoms with van der Waals surface area (Å²) in [6, 6.07) is 4.40.